The lowest BCUT2D eigenvalue weighted by atomic mass is 10.2. The lowest BCUT2D eigenvalue weighted by molar-refractivity contribution is 0.0951. The molecule has 4 rings (SSSR count). The largest absolute Gasteiger partial charge is 0.497 e. The molecule has 0 aliphatic rings. The number of nitrogens with one attached hydrogen (secondary N) is 2. The summed E-state index contributed by atoms with van der Waals surface area (Å²) < 4.78 is 5.15. The van der Waals surface area contributed by atoms with E-state index in [1.165, 1.54) is 0 Å². The highest BCUT2D eigenvalue weighted by atomic mass is 16.5. The molecule has 0 atom stereocenters. The Morgan fingerprint density at radius 3 is 2.62 bits per heavy atom. The van der Waals surface area contributed by atoms with Crippen molar-refractivity contribution >= 4 is 28.3 Å². The number of para-hydroxylation sites is 1. The van der Waals surface area contributed by atoms with Gasteiger partial charge in [0.2, 0.25) is 0 Å². The van der Waals surface area contributed by atoms with Gasteiger partial charge in [-0.15, -0.1) is 0 Å². The van der Waals surface area contributed by atoms with E-state index < -0.39 is 0 Å². The van der Waals surface area contributed by atoms with Crippen LogP contribution in [-0.4, -0.2) is 23.0 Å². The number of nitrogens with zero attached hydrogens (tertiary/aromatic N) is 2. The van der Waals surface area contributed by atoms with E-state index in [9.17, 15) is 4.79 Å². The van der Waals surface area contributed by atoms with Crippen LogP contribution < -0.4 is 15.4 Å². The monoisotopic (exact) mass is 384 g/mol. The third kappa shape index (κ3) is 4.32. The quantitative estimate of drug-likeness (QED) is 0.518. The fraction of sp³-hybridized carbons (Fsp3) is 0.0870. The summed E-state index contributed by atoms with van der Waals surface area (Å²) in [6.45, 7) is 0.432. The standard InChI is InChI=1S/C23H20N4O2/c1-29-19-9-7-16(8-10-19)15-26-23(28)18-11-13-24-21(14-18)27-20-6-2-4-17-5-3-12-25-22(17)20/h2-14H,15H2,1H3,(H,24,27)(H,26,28). The Bertz CT molecular complexity index is 1140. The average Bonchev–Trinajstić information content (AvgIpc) is 2.78. The normalized spacial score (nSPS) is 10.5. The fourth-order valence-corrected chi connectivity index (χ4v) is 3.01. The zero-order valence-corrected chi connectivity index (χ0v) is 15.9. The number of fused-ring (bicyclic) bond motifs is 1. The number of benzene rings is 2. The van der Waals surface area contributed by atoms with Gasteiger partial charge in [0.25, 0.3) is 5.91 Å². The molecule has 6 heteroatoms. The number of ether oxygens (including phenoxy) is 1. The van der Waals surface area contributed by atoms with Gasteiger partial charge in [-0.25, -0.2) is 4.98 Å². The third-order valence-corrected chi connectivity index (χ3v) is 4.53. The summed E-state index contributed by atoms with van der Waals surface area (Å²) in [5.41, 5.74) is 3.22. The van der Waals surface area contributed by atoms with Crippen LogP contribution in [0.2, 0.25) is 0 Å². The summed E-state index contributed by atoms with van der Waals surface area (Å²) in [4.78, 5) is 21.3. The van der Waals surface area contributed by atoms with Gasteiger partial charge in [-0.3, -0.25) is 9.78 Å². The molecule has 0 bridgehead atoms. The van der Waals surface area contributed by atoms with Gasteiger partial charge < -0.3 is 15.4 Å². The topological polar surface area (TPSA) is 76.1 Å². The van der Waals surface area contributed by atoms with Crippen LogP contribution in [0.3, 0.4) is 0 Å². The first-order valence-electron chi connectivity index (χ1n) is 9.21. The molecule has 4 aromatic rings. The molecule has 0 radical (unpaired) electrons. The molecule has 2 aromatic carbocycles. The number of amides is 1. The highest BCUT2D eigenvalue weighted by Gasteiger charge is 2.09. The summed E-state index contributed by atoms with van der Waals surface area (Å²) in [5.74, 6) is 1.20. The van der Waals surface area contributed by atoms with Gasteiger partial charge in [-0.05, 0) is 42.0 Å². The number of carbonyl (C=O) groups excluding carboxylic acids is 1. The number of rotatable bonds is 6. The van der Waals surface area contributed by atoms with Gasteiger partial charge in [-0.2, -0.15) is 0 Å². The first-order valence-corrected chi connectivity index (χ1v) is 9.21. The molecule has 0 fully saturated rings. The molecule has 0 aliphatic heterocycles. The predicted octanol–water partition coefficient (Wildman–Crippen LogP) is 4.31. The summed E-state index contributed by atoms with van der Waals surface area (Å²) in [6, 6.07) is 20.8. The van der Waals surface area contributed by atoms with Gasteiger partial charge in [-0.1, -0.05) is 30.3 Å². The number of pyridine rings is 2. The summed E-state index contributed by atoms with van der Waals surface area (Å²) in [5, 5.41) is 7.22. The van der Waals surface area contributed by atoms with Crippen molar-refractivity contribution in [3.05, 3.63) is 90.3 Å². The van der Waals surface area contributed by atoms with Gasteiger partial charge in [0.1, 0.15) is 11.6 Å². The number of methoxy groups -OCH3 is 1. The Kier molecular flexibility index (Phi) is 5.33. The highest BCUT2D eigenvalue weighted by molar-refractivity contribution is 5.95. The minimum absolute atomic E-state index is 0.165. The summed E-state index contributed by atoms with van der Waals surface area (Å²) >= 11 is 0. The number of anilines is 2. The van der Waals surface area contributed by atoms with Crippen molar-refractivity contribution in [1.82, 2.24) is 15.3 Å². The Morgan fingerprint density at radius 1 is 0.966 bits per heavy atom. The van der Waals surface area contributed by atoms with E-state index in [1.54, 1.807) is 31.6 Å². The minimum atomic E-state index is -0.165. The molecule has 29 heavy (non-hydrogen) atoms. The zero-order valence-electron chi connectivity index (χ0n) is 15.9. The third-order valence-electron chi connectivity index (χ3n) is 4.53. The fourth-order valence-electron chi connectivity index (χ4n) is 3.01. The number of hydrogen-bond donors (Lipinski definition) is 2. The van der Waals surface area contributed by atoms with Gasteiger partial charge in [0, 0.05) is 29.9 Å². The molecule has 2 aromatic heterocycles. The van der Waals surface area contributed by atoms with Crippen LogP contribution >= 0.6 is 0 Å². The second-order valence-electron chi connectivity index (χ2n) is 6.47. The van der Waals surface area contributed by atoms with Gasteiger partial charge >= 0.3 is 0 Å². The molecule has 0 spiro atoms. The average molecular weight is 384 g/mol. The highest BCUT2D eigenvalue weighted by Crippen LogP contribution is 2.24. The van der Waals surface area contributed by atoms with E-state index in [4.69, 9.17) is 4.74 Å². The second kappa shape index (κ2) is 8.39. The Balaban J connectivity index is 1.47. The van der Waals surface area contributed by atoms with E-state index >= 15 is 0 Å². The van der Waals surface area contributed by atoms with Crippen LogP contribution in [0.5, 0.6) is 5.75 Å². The van der Waals surface area contributed by atoms with Crippen molar-refractivity contribution in [1.29, 1.82) is 0 Å². The van der Waals surface area contributed by atoms with Crippen LogP contribution in [-0.2, 0) is 6.54 Å². The molecule has 0 saturated heterocycles. The van der Waals surface area contributed by atoms with Crippen LogP contribution in [0.25, 0.3) is 10.9 Å². The lowest BCUT2D eigenvalue weighted by Gasteiger charge is -2.10. The van der Waals surface area contributed by atoms with E-state index in [0.717, 1.165) is 27.9 Å². The zero-order chi connectivity index (χ0) is 20.1. The number of aromatic nitrogens is 2. The van der Waals surface area contributed by atoms with E-state index in [-0.39, 0.29) is 5.91 Å². The maximum Gasteiger partial charge on any atom is 0.251 e. The van der Waals surface area contributed by atoms with E-state index in [0.29, 0.717) is 17.9 Å². The van der Waals surface area contributed by atoms with Crippen molar-refractivity contribution < 1.29 is 9.53 Å². The van der Waals surface area contributed by atoms with E-state index in [1.807, 2.05) is 54.6 Å². The van der Waals surface area contributed by atoms with Crippen LogP contribution in [0.4, 0.5) is 11.5 Å². The Morgan fingerprint density at radius 2 is 1.79 bits per heavy atom. The predicted molar refractivity (Wildman–Crippen MR) is 113 cm³/mol. The van der Waals surface area contributed by atoms with Crippen molar-refractivity contribution in [2.24, 2.45) is 0 Å². The van der Waals surface area contributed by atoms with Gasteiger partial charge in [0.05, 0.1) is 18.3 Å². The SMILES string of the molecule is COc1ccc(CNC(=O)c2ccnc(Nc3cccc4cccnc34)c2)cc1. The second-order valence-corrected chi connectivity index (χ2v) is 6.47. The molecule has 0 unspecified atom stereocenters. The van der Waals surface area contributed by atoms with Crippen molar-refractivity contribution in [2.75, 3.05) is 12.4 Å². The van der Waals surface area contributed by atoms with Gasteiger partial charge in [0.15, 0.2) is 0 Å². The smallest absolute Gasteiger partial charge is 0.251 e. The first-order chi connectivity index (χ1) is 14.2. The molecule has 1 amide bonds. The molecular weight excluding hydrogens is 364 g/mol. The van der Waals surface area contributed by atoms with Crippen LogP contribution in [0.1, 0.15) is 15.9 Å². The van der Waals surface area contributed by atoms with Crippen molar-refractivity contribution in [3.8, 4) is 5.75 Å². The van der Waals surface area contributed by atoms with Crippen molar-refractivity contribution in [2.45, 2.75) is 6.54 Å². The lowest BCUT2D eigenvalue weighted by Crippen LogP contribution is -2.22. The molecule has 144 valence electrons. The Hall–Kier alpha value is -3.93. The first kappa shape index (κ1) is 18.4. The van der Waals surface area contributed by atoms with E-state index in [2.05, 4.69) is 20.6 Å². The van der Waals surface area contributed by atoms with Crippen molar-refractivity contribution in [3.63, 3.8) is 0 Å². The molecule has 6 nitrogen and oxygen atoms in total. The summed E-state index contributed by atoms with van der Waals surface area (Å²) in [7, 11) is 1.63. The van der Waals surface area contributed by atoms with Crippen LogP contribution in [0.15, 0.2) is 79.1 Å². The summed E-state index contributed by atoms with van der Waals surface area (Å²) in [6.07, 6.45) is 3.37. The molecule has 2 N–H and O–H groups in total. The number of carbonyl (C=O) groups is 1. The maximum absolute atomic E-state index is 12.6. The number of hydrogen-bond acceptors (Lipinski definition) is 5. The molecule has 0 aliphatic carbocycles. The molecular formula is C23H20N4O2. The Labute approximate surface area is 168 Å². The van der Waals surface area contributed by atoms with Crippen LogP contribution in [0, 0.1) is 0 Å². The minimum Gasteiger partial charge on any atom is -0.497 e. The molecule has 0 saturated carbocycles. The molecule has 2 heterocycles. The maximum atomic E-state index is 12.6.